The molecular weight excluding hydrogens is 303 g/mol. The minimum atomic E-state index is -1.11. The van der Waals surface area contributed by atoms with E-state index in [4.69, 9.17) is 9.84 Å². The van der Waals surface area contributed by atoms with Crippen LogP contribution >= 0.6 is 0 Å². The van der Waals surface area contributed by atoms with Gasteiger partial charge in [0.25, 0.3) is 5.91 Å². The van der Waals surface area contributed by atoms with Crippen LogP contribution in [-0.4, -0.2) is 52.3 Å². The Hall–Kier alpha value is -2.67. The van der Waals surface area contributed by atoms with E-state index in [0.29, 0.717) is 5.69 Å². The van der Waals surface area contributed by atoms with E-state index < -0.39 is 23.8 Å². The number of carboxylic acid groups (broad SMARTS) is 1. The standard InChI is InChI=1S/C16H15FN2O4/c17-12-9-11(3-4-13(12)18-5-1-2-6-18)15(20)19-7-8-23-14(10-19)16(21)22/h1-6,9,14H,7-8,10H2,(H,21,22). The second-order valence-electron chi connectivity index (χ2n) is 5.21. The summed E-state index contributed by atoms with van der Waals surface area (Å²) in [5.41, 5.74) is 0.529. The van der Waals surface area contributed by atoms with Crippen LogP contribution in [0.4, 0.5) is 4.39 Å². The number of morpholine rings is 1. The number of hydrogen-bond donors (Lipinski definition) is 1. The topological polar surface area (TPSA) is 71.8 Å². The van der Waals surface area contributed by atoms with Gasteiger partial charge in [0.1, 0.15) is 5.82 Å². The fraction of sp³-hybridized carbons (Fsp3) is 0.250. The molecule has 6 nitrogen and oxygen atoms in total. The van der Waals surface area contributed by atoms with Crippen molar-refractivity contribution < 1.29 is 23.8 Å². The molecule has 2 aromatic rings. The molecule has 1 unspecified atom stereocenters. The number of carbonyl (C=O) groups excluding carboxylic acids is 1. The molecule has 23 heavy (non-hydrogen) atoms. The van der Waals surface area contributed by atoms with Gasteiger partial charge in [0.15, 0.2) is 6.10 Å². The number of hydrogen-bond acceptors (Lipinski definition) is 3. The Balaban J connectivity index is 1.80. The summed E-state index contributed by atoms with van der Waals surface area (Å²) in [6.07, 6.45) is 2.37. The van der Waals surface area contributed by atoms with Crippen molar-refractivity contribution in [3.63, 3.8) is 0 Å². The zero-order chi connectivity index (χ0) is 16.4. The Morgan fingerprint density at radius 3 is 2.65 bits per heavy atom. The van der Waals surface area contributed by atoms with Crippen molar-refractivity contribution in [2.45, 2.75) is 6.10 Å². The molecule has 1 N–H and O–H groups in total. The number of nitrogens with zero attached hydrogens (tertiary/aromatic N) is 2. The van der Waals surface area contributed by atoms with E-state index in [1.807, 2.05) is 0 Å². The highest BCUT2D eigenvalue weighted by Gasteiger charge is 2.29. The van der Waals surface area contributed by atoms with Gasteiger partial charge in [-0.1, -0.05) is 0 Å². The molecule has 1 saturated heterocycles. The lowest BCUT2D eigenvalue weighted by atomic mass is 10.1. The molecular formula is C16H15FN2O4. The Bertz CT molecular complexity index is 730. The molecule has 1 fully saturated rings. The van der Waals surface area contributed by atoms with Crippen molar-refractivity contribution in [1.82, 2.24) is 9.47 Å². The van der Waals surface area contributed by atoms with Gasteiger partial charge >= 0.3 is 5.97 Å². The Kier molecular flexibility index (Phi) is 4.12. The normalized spacial score (nSPS) is 18.0. The number of halogens is 1. The van der Waals surface area contributed by atoms with Crippen LogP contribution in [0, 0.1) is 5.82 Å². The molecule has 7 heteroatoms. The lowest BCUT2D eigenvalue weighted by Crippen LogP contribution is -2.48. The van der Waals surface area contributed by atoms with Crippen molar-refractivity contribution >= 4 is 11.9 Å². The van der Waals surface area contributed by atoms with E-state index in [-0.39, 0.29) is 25.3 Å². The molecule has 1 aromatic carbocycles. The molecule has 0 bridgehead atoms. The van der Waals surface area contributed by atoms with Crippen LogP contribution < -0.4 is 0 Å². The summed E-state index contributed by atoms with van der Waals surface area (Å²) >= 11 is 0. The first kappa shape index (κ1) is 15.2. The SMILES string of the molecule is O=C(O)C1CN(C(=O)c2ccc(-n3cccc3)c(F)c2)CCO1. The molecule has 1 amide bonds. The first-order chi connectivity index (χ1) is 11.1. The lowest BCUT2D eigenvalue weighted by Gasteiger charge is -2.31. The molecule has 2 heterocycles. The van der Waals surface area contributed by atoms with Crippen LogP contribution in [0.25, 0.3) is 5.69 Å². The van der Waals surface area contributed by atoms with Crippen molar-refractivity contribution in [2.24, 2.45) is 0 Å². The Morgan fingerprint density at radius 1 is 1.26 bits per heavy atom. The number of carboxylic acids is 1. The van der Waals surface area contributed by atoms with Crippen molar-refractivity contribution in [3.05, 3.63) is 54.1 Å². The molecule has 0 spiro atoms. The summed E-state index contributed by atoms with van der Waals surface area (Å²) in [6, 6.07) is 7.78. The minimum Gasteiger partial charge on any atom is -0.479 e. The zero-order valence-corrected chi connectivity index (χ0v) is 12.2. The van der Waals surface area contributed by atoms with Gasteiger partial charge in [-0.25, -0.2) is 9.18 Å². The van der Waals surface area contributed by atoms with E-state index in [9.17, 15) is 14.0 Å². The number of ether oxygens (including phenoxy) is 1. The van der Waals surface area contributed by atoms with Crippen LogP contribution in [0.1, 0.15) is 10.4 Å². The molecule has 0 saturated carbocycles. The van der Waals surface area contributed by atoms with E-state index >= 15 is 0 Å². The van der Waals surface area contributed by atoms with Crippen LogP contribution in [0.3, 0.4) is 0 Å². The first-order valence-corrected chi connectivity index (χ1v) is 7.13. The van der Waals surface area contributed by atoms with Crippen molar-refractivity contribution in [3.8, 4) is 5.69 Å². The summed E-state index contributed by atoms with van der Waals surface area (Å²) in [6.45, 7) is 0.380. The molecule has 1 aliphatic heterocycles. The highest BCUT2D eigenvalue weighted by atomic mass is 19.1. The quantitative estimate of drug-likeness (QED) is 0.932. The van der Waals surface area contributed by atoms with Crippen LogP contribution in [-0.2, 0) is 9.53 Å². The third-order valence-electron chi connectivity index (χ3n) is 3.71. The maximum Gasteiger partial charge on any atom is 0.334 e. The monoisotopic (exact) mass is 318 g/mol. The van der Waals surface area contributed by atoms with Gasteiger partial charge in [-0.15, -0.1) is 0 Å². The predicted octanol–water partition coefficient (Wildman–Crippen LogP) is 1.54. The van der Waals surface area contributed by atoms with Crippen molar-refractivity contribution in [2.75, 3.05) is 19.7 Å². The van der Waals surface area contributed by atoms with Gasteiger partial charge < -0.3 is 19.3 Å². The molecule has 1 aromatic heterocycles. The number of rotatable bonds is 3. The van der Waals surface area contributed by atoms with Crippen molar-refractivity contribution in [1.29, 1.82) is 0 Å². The van der Waals surface area contributed by atoms with Gasteiger partial charge in [-0.3, -0.25) is 4.79 Å². The molecule has 120 valence electrons. The average molecular weight is 318 g/mol. The smallest absolute Gasteiger partial charge is 0.334 e. The van der Waals surface area contributed by atoms with E-state index in [1.54, 1.807) is 29.1 Å². The number of amides is 1. The zero-order valence-electron chi connectivity index (χ0n) is 12.2. The number of benzene rings is 1. The molecule has 1 aliphatic rings. The van der Waals surface area contributed by atoms with Gasteiger partial charge in [0, 0.05) is 24.5 Å². The first-order valence-electron chi connectivity index (χ1n) is 7.13. The predicted molar refractivity (Wildman–Crippen MR) is 79.0 cm³/mol. The summed E-state index contributed by atoms with van der Waals surface area (Å²) in [5.74, 6) is -2.04. The van der Waals surface area contributed by atoms with E-state index in [0.717, 1.165) is 0 Å². The Labute approximate surface area is 131 Å². The maximum atomic E-state index is 14.2. The van der Waals surface area contributed by atoms with Crippen LogP contribution in [0.5, 0.6) is 0 Å². The second kappa shape index (κ2) is 6.21. The third kappa shape index (κ3) is 3.09. The minimum absolute atomic E-state index is 0.0465. The summed E-state index contributed by atoms with van der Waals surface area (Å²) in [7, 11) is 0. The number of aromatic nitrogens is 1. The third-order valence-corrected chi connectivity index (χ3v) is 3.71. The number of aliphatic carboxylic acids is 1. The summed E-state index contributed by atoms with van der Waals surface area (Å²) in [5, 5.41) is 8.97. The summed E-state index contributed by atoms with van der Waals surface area (Å²) < 4.78 is 20.9. The number of carbonyl (C=O) groups is 2. The van der Waals surface area contributed by atoms with Gasteiger partial charge in [0.05, 0.1) is 18.8 Å². The fourth-order valence-electron chi connectivity index (χ4n) is 2.51. The highest BCUT2D eigenvalue weighted by Crippen LogP contribution is 2.18. The maximum absolute atomic E-state index is 14.2. The van der Waals surface area contributed by atoms with Gasteiger partial charge in [0.2, 0.25) is 0 Å². The fourth-order valence-corrected chi connectivity index (χ4v) is 2.51. The average Bonchev–Trinajstić information content (AvgIpc) is 3.08. The van der Waals surface area contributed by atoms with E-state index in [2.05, 4.69) is 0 Å². The van der Waals surface area contributed by atoms with Gasteiger partial charge in [-0.2, -0.15) is 0 Å². The second-order valence-corrected chi connectivity index (χ2v) is 5.21. The Morgan fingerprint density at radius 2 is 2.00 bits per heavy atom. The van der Waals surface area contributed by atoms with Gasteiger partial charge in [-0.05, 0) is 30.3 Å². The largest absolute Gasteiger partial charge is 0.479 e. The van der Waals surface area contributed by atoms with E-state index in [1.165, 1.54) is 23.1 Å². The van der Waals surface area contributed by atoms with Crippen LogP contribution in [0.2, 0.25) is 0 Å². The highest BCUT2D eigenvalue weighted by molar-refractivity contribution is 5.95. The lowest BCUT2D eigenvalue weighted by molar-refractivity contribution is -0.154. The molecule has 1 atom stereocenters. The molecule has 0 aliphatic carbocycles. The summed E-state index contributed by atoms with van der Waals surface area (Å²) in [4.78, 5) is 24.8. The van der Waals surface area contributed by atoms with Crippen LogP contribution in [0.15, 0.2) is 42.7 Å². The molecule has 0 radical (unpaired) electrons. The molecule has 3 rings (SSSR count).